The number of carboxylic acid groups (broad SMARTS) is 1. The minimum atomic E-state index is -1.03. The topological polar surface area (TPSA) is 86.7 Å². The third-order valence-electron chi connectivity index (χ3n) is 2.86. The molecule has 0 bridgehead atoms. The Balaban J connectivity index is 1.89. The van der Waals surface area contributed by atoms with Gasteiger partial charge < -0.3 is 15.3 Å². The molecule has 1 saturated heterocycles. The van der Waals surface area contributed by atoms with Gasteiger partial charge in [-0.25, -0.2) is 4.79 Å². The number of carbonyl (C=O) groups is 3. The number of carboxylic acids is 1. The molecule has 1 fully saturated rings. The van der Waals surface area contributed by atoms with Crippen LogP contribution in [0.2, 0.25) is 0 Å². The predicted octanol–water partition coefficient (Wildman–Crippen LogP) is 1.40. The number of carbonyl (C=O) groups excluding carboxylic acids is 2. The van der Waals surface area contributed by atoms with E-state index in [4.69, 9.17) is 5.11 Å². The van der Waals surface area contributed by atoms with E-state index in [9.17, 15) is 14.4 Å². The average Bonchev–Trinajstić information content (AvgIpc) is 2.80. The van der Waals surface area contributed by atoms with Gasteiger partial charge in [0.05, 0.1) is 17.1 Å². The summed E-state index contributed by atoms with van der Waals surface area (Å²) < 4.78 is 0. The second-order valence-electron chi connectivity index (χ2n) is 4.33. The Labute approximate surface area is 114 Å². The monoisotopic (exact) mass is 282 g/mol. The van der Waals surface area contributed by atoms with E-state index in [-0.39, 0.29) is 23.9 Å². The third kappa shape index (κ3) is 3.54. The highest BCUT2D eigenvalue weighted by Crippen LogP contribution is 2.20. The van der Waals surface area contributed by atoms with Crippen molar-refractivity contribution in [1.82, 2.24) is 4.90 Å². The van der Waals surface area contributed by atoms with Crippen LogP contribution in [-0.4, -0.2) is 40.9 Å². The number of hydrogen-bond acceptors (Lipinski definition) is 4. The van der Waals surface area contributed by atoms with Crippen molar-refractivity contribution in [3.8, 4) is 0 Å². The summed E-state index contributed by atoms with van der Waals surface area (Å²) in [6, 6.07) is 1.41. The zero-order valence-electron chi connectivity index (χ0n) is 10.2. The van der Waals surface area contributed by atoms with Gasteiger partial charge in [0.15, 0.2) is 0 Å². The molecule has 0 aliphatic carbocycles. The number of amides is 2. The number of aromatic carboxylic acids is 1. The van der Waals surface area contributed by atoms with Gasteiger partial charge in [0.2, 0.25) is 11.8 Å². The highest BCUT2D eigenvalue weighted by molar-refractivity contribution is 7.14. The quantitative estimate of drug-likeness (QED) is 0.874. The van der Waals surface area contributed by atoms with Gasteiger partial charge in [-0.15, -0.1) is 11.3 Å². The Kier molecular flexibility index (Phi) is 4.16. The van der Waals surface area contributed by atoms with Gasteiger partial charge in [0, 0.05) is 18.3 Å². The van der Waals surface area contributed by atoms with E-state index in [0.29, 0.717) is 18.0 Å². The number of likely N-dealkylation sites (tertiary alicyclic amines) is 1. The molecule has 7 heteroatoms. The zero-order chi connectivity index (χ0) is 13.8. The first-order valence-electron chi connectivity index (χ1n) is 5.96. The van der Waals surface area contributed by atoms with Crippen molar-refractivity contribution in [2.45, 2.75) is 19.3 Å². The molecule has 1 aliphatic rings. The van der Waals surface area contributed by atoms with E-state index < -0.39 is 5.97 Å². The van der Waals surface area contributed by atoms with Crippen molar-refractivity contribution in [3.63, 3.8) is 0 Å². The van der Waals surface area contributed by atoms with Crippen LogP contribution in [0.25, 0.3) is 0 Å². The molecule has 0 spiro atoms. The molecule has 102 valence electrons. The molecule has 2 amide bonds. The van der Waals surface area contributed by atoms with E-state index in [2.05, 4.69) is 5.32 Å². The SMILES string of the molecule is O=C(CN1CCCCC1=O)Nc1cc(C(=O)O)cs1. The number of anilines is 1. The Morgan fingerprint density at radius 1 is 1.42 bits per heavy atom. The van der Waals surface area contributed by atoms with E-state index >= 15 is 0 Å². The molecule has 0 atom stereocenters. The molecule has 2 N–H and O–H groups in total. The molecular formula is C12H14N2O4S. The van der Waals surface area contributed by atoms with Crippen LogP contribution >= 0.6 is 11.3 Å². The summed E-state index contributed by atoms with van der Waals surface area (Å²) in [5, 5.41) is 13.3. The maximum Gasteiger partial charge on any atom is 0.336 e. The summed E-state index contributed by atoms with van der Waals surface area (Å²) in [6.45, 7) is 0.635. The Bertz CT molecular complexity index is 512. The number of nitrogens with one attached hydrogen (secondary N) is 1. The molecule has 0 radical (unpaired) electrons. The lowest BCUT2D eigenvalue weighted by atomic mass is 10.1. The second kappa shape index (κ2) is 5.83. The predicted molar refractivity (Wildman–Crippen MR) is 70.3 cm³/mol. The minimum absolute atomic E-state index is 0.00111. The van der Waals surface area contributed by atoms with Crippen LogP contribution in [0.3, 0.4) is 0 Å². The number of piperidine rings is 1. The van der Waals surface area contributed by atoms with Crippen LogP contribution in [-0.2, 0) is 9.59 Å². The van der Waals surface area contributed by atoms with E-state index in [0.717, 1.165) is 24.2 Å². The van der Waals surface area contributed by atoms with Crippen LogP contribution < -0.4 is 5.32 Å². The lowest BCUT2D eigenvalue weighted by Gasteiger charge is -2.25. The van der Waals surface area contributed by atoms with E-state index in [1.807, 2.05) is 0 Å². The molecule has 1 aliphatic heterocycles. The number of nitrogens with zero attached hydrogens (tertiary/aromatic N) is 1. The Morgan fingerprint density at radius 2 is 2.21 bits per heavy atom. The first-order chi connectivity index (χ1) is 9.06. The third-order valence-corrected chi connectivity index (χ3v) is 3.71. The number of thiophene rings is 1. The molecule has 0 saturated carbocycles. The van der Waals surface area contributed by atoms with Crippen molar-refractivity contribution >= 4 is 34.1 Å². The summed E-state index contributed by atoms with van der Waals surface area (Å²) in [6.07, 6.45) is 2.29. The fourth-order valence-corrected chi connectivity index (χ4v) is 2.68. The maximum atomic E-state index is 11.8. The molecule has 19 heavy (non-hydrogen) atoms. The molecule has 1 aromatic rings. The first-order valence-corrected chi connectivity index (χ1v) is 6.83. The standard InChI is InChI=1S/C12H14N2O4S/c15-9(6-14-4-2-1-3-11(14)16)13-10-5-8(7-19-10)12(17)18/h5,7H,1-4,6H2,(H,13,15)(H,17,18). The fraction of sp³-hybridized carbons (Fsp3) is 0.417. The van der Waals surface area contributed by atoms with Crippen molar-refractivity contribution < 1.29 is 19.5 Å². The summed E-state index contributed by atoms with van der Waals surface area (Å²) in [5.41, 5.74) is 0.148. The van der Waals surface area contributed by atoms with Gasteiger partial charge in [-0.3, -0.25) is 9.59 Å². The van der Waals surface area contributed by atoms with Crippen molar-refractivity contribution in [3.05, 3.63) is 17.0 Å². The van der Waals surface area contributed by atoms with Gasteiger partial charge in [0.1, 0.15) is 0 Å². The Morgan fingerprint density at radius 3 is 2.84 bits per heavy atom. The summed E-state index contributed by atoms with van der Waals surface area (Å²) in [4.78, 5) is 35.5. The van der Waals surface area contributed by atoms with E-state index in [1.54, 1.807) is 0 Å². The molecule has 1 aromatic heterocycles. The molecule has 2 rings (SSSR count). The van der Waals surface area contributed by atoms with Gasteiger partial charge in [-0.1, -0.05) is 0 Å². The maximum absolute atomic E-state index is 11.8. The van der Waals surface area contributed by atoms with E-state index in [1.165, 1.54) is 16.3 Å². The van der Waals surface area contributed by atoms with Gasteiger partial charge in [-0.2, -0.15) is 0 Å². The summed E-state index contributed by atoms with van der Waals surface area (Å²) >= 11 is 1.15. The highest BCUT2D eigenvalue weighted by atomic mass is 32.1. The number of hydrogen-bond donors (Lipinski definition) is 2. The molecule has 6 nitrogen and oxygen atoms in total. The van der Waals surface area contributed by atoms with Gasteiger partial charge >= 0.3 is 5.97 Å². The largest absolute Gasteiger partial charge is 0.478 e. The van der Waals surface area contributed by atoms with Crippen molar-refractivity contribution in [2.75, 3.05) is 18.4 Å². The van der Waals surface area contributed by atoms with Gasteiger partial charge in [-0.05, 0) is 18.9 Å². The first kappa shape index (κ1) is 13.5. The van der Waals surface area contributed by atoms with Crippen LogP contribution in [0.4, 0.5) is 5.00 Å². The normalized spacial score (nSPS) is 15.4. The van der Waals surface area contributed by atoms with Crippen LogP contribution in [0.15, 0.2) is 11.4 Å². The zero-order valence-corrected chi connectivity index (χ0v) is 11.0. The molecule has 0 aromatic carbocycles. The summed E-state index contributed by atoms with van der Waals surface area (Å²) in [7, 11) is 0. The van der Waals surface area contributed by atoms with Crippen molar-refractivity contribution in [2.24, 2.45) is 0 Å². The Hall–Kier alpha value is -1.89. The average molecular weight is 282 g/mol. The molecule has 0 unspecified atom stereocenters. The second-order valence-corrected chi connectivity index (χ2v) is 5.24. The number of rotatable bonds is 4. The van der Waals surface area contributed by atoms with Gasteiger partial charge in [0.25, 0.3) is 0 Å². The fourth-order valence-electron chi connectivity index (χ4n) is 1.89. The van der Waals surface area contributed by atoms with Crippen LogP contribution in [0.5, 0.6) is 0 Å². The molecule has 2 heterocycles. The minimum Gasteiger partial charge on any atom is -0.478 e. The van der Waals surface area contributed by atoms with Crippen LogP contribution in [0, 0.1) is 0 Å². The molecular weight excluding hydrogens is 268 g/mol. The smallest absolute Gasteiger partial charge is 0.336 e. The van der Waals surface area contributed by atoms with Crippen molar-refractivity contribution in [1.29, 1.82) is 0 Å². The lowest BCUT2D eigenvalue weighted by Crippen LogP contribution is -2.40. The summed E-state index contributed by atoms with van der Waals surface area (Å²) in [5.74, 6) is -1.32. The highest BCUT2D eigenvalue weighted by Gasteiger charge is 2.20. The lowest BCUT2D eigenvalue weighted by molar-refractivity contribution is -0.136. The van der Waals surface area contributed by atoms with Crippen LogP contribution in [0.1, 0.15) is 29.6 Å².